The van der Waals surface area contributed by atoms with Gasteiger partial charge in [0.15, 0.2) is 0 Å². The molecular weight excluding hydrogens is 496 g/mol. The van der Waals surface area contributed by atoms with Gasteiger partial charge in [0, 0.05) is 57.6 Å². The molecule has 3 saturated heterocycles. The number of piperidine rings is 1. The lowest BCUT2D eigenvalue weighted by atomic mass is 9.85. The molecule has 5 amide bonds. The highest BCUT2D eigenvalue weighted by molar-refractivity contribution is 5.97. The molecule has 1 spiro atoms. The van der Waals surface area contributed by atoms with Gasteiger partial charge in [0.05, 0.1) is 6.67 Å². The fourth-order valence-corrected chi connectivity index (χ4v) is 5.86. The minimum absolute atomic E-state index is 0.00153. The number of hydrogen-bond acceptors (Lipinski definition) is 5. The number of anilines is 2. The van der Waals surface area contributed by atoms with Crippen molar-refractivity contribution in [3.8, 4) is 0 Å². The van der Waals surface area contributed by atoms with Gasteiger partial charge in [0.25, 0.3) is 5.91 Å². The van der Waals surface area contributed by atoms with Crippen LogP contribution >= 0.6 is 0 Å². The zero-order chi connectivity index (χ0) is 27.6. The molecule has 10 nitrogen and oxygen atoms in total. The molecule has 39 heavy (non-hydrogen) atoms. The SMILES string of the molecule is CC(=O)N1CCN(C(=O)CN2CN(c3ccccc3)C3(CCN(C(=O)Nc4cccc(C)c4)CC3)C2=O)CC1. The number of rotatable bonds is 4. The predicted octanol–water partition coefficient (Wildman–Crippen LogP) is 2.36. The number of nitrogens with one attached hydrogen (secondary N) is 1. The van der Waals surface area contributed by atoms with Crippen LogP contribution in [0.2, 0.25) is 0 Å². The molecule has 0 radical (unpaired) electrons. The molecule has 10 heteroatoms. The van der Waals surface area contributed by atoms with Crippen molar-refractivity contribution in [2.24, 2.45) is 0 Å². The van der Waals surface area contributed by atoms with Crippen LogP contribution in [-0.4, -0.2) is 101 Å². The Hall–Kier alpha value is -4.08. The predicted molar refractivity (Wildman–Crippen MR) is 148 cm³/mol. The molecule has 3 heterocycles. The normalized spacial score (nSPS) is 19.0. The molecule has 3 aliphatic heterocycles. The van der Waals surface area contributed by atoms with Crippen molar-refractivity contribution in [1.29, 1.82) is 0 Å². The van der Waals surface area contributed by atoms with Gasteiger partial charge in [-0.1, -0.05) is 30.3 Å². The Morgan fingerprint density at radius 2 is 1.51 bits per heavy atom. The molecule has 5 rings (SSSR count). The van der Waals surface area contributed by atoms with Crippen LogP contribution in [0, 0.1) is 6.92 Å². The van der Waals surface area contributed by atoms with Gasteiger partial charge in [-0.25, -0.2) is 4.79 Å². The molecule has 2 aromatic rings. The van der Waals surface area contributed by atoms with Crippen molar-refractivity contribution in [3.63, 3.8) is 0 Å². The van der Waals surface area contributed by atoms with Crippen molar-refractivity contribution in [3.05, 3.63) is 60.2 Å². The third kappa shape index (κ3) is 5.41. The Bertz CT molecular complexity index is 1240. The van der Waals surface area contributed by atoms with Crippen molar-refractivity contribution < 1.29 is 19.2 Å². The average Bonchev–Trinajstić information content (AvgIpc) is 3.20. The van der Waals surface area contributed by atoms with E-state index in [1.54, 1.807) is 19.6 Å². The minimum atomic E-state index is -0.810. The Kier molecular flexibility index (Phi) is 7.45. The molecule has 0 bridgehead atoms. The average molecular weight is 533 g/mol. The van der Waals surface area contributed by atoms with E-state index in [0.717, 1.165) is 16.9 Å². The summed E-state index contributed by atoms with van der Waals surface area (Å²) in [5, 5.41) is 2.97. The number of amides is 5. The van der Waals surface area contributed by atoms with Gasteiger partial charge in [-0.2, -0.15) is 0 Å². The van der Waals surface area contributed by atoms with Crippen molar-refractivity contribution in [2.45, 2.75) is 32.2 Å². The molecule has 0 atom stereocenters. The largest absolute Gasteiger partial charge is 0.339 e. The van der Waals surface area contributed by atoms with E-state index in [1.807, 2.05) is 61.5 Å². The number of piperazine rings is 1. The third-order valence-corrected chi connectivity index (χ3v) is 8.13. The molecular formula is C29H36N6O4. The number of benzene rings is 2. The van der Waals surface area contributed by atoms with E-state index >= 15 is 0 Å². The maximum atomic E-state index is 14.0. The molecule has 0 unspecified atom stereocenters. The van der Waals surface area contributed by atoms with E-state index in [-0.39, 0.29) is 30.3 Å². The molecule has 0 aliphatic carbocycles. The first-order valence-corrected chi connectivity index (χ1v) is 13.5. The van der Waals surface area contributed by atoms with E-state index in [2.05, 4.69) is 10.2 Å². The number of para-hydroxylation sites is 1. The van der Waals surface area contributed by atoms with Crippen molar-refractivity contribution in [1.82, 2.24) is 19.6 Å². The van der Waals surface area contributed by atoms with E-state index in [1.165, 1.54) is 6.92 Å². The summed E-state index contributed by atoms with van der Waals surface area (Å²) >= 11 is 0. The molecule has 3 fully saturated rings. The lowest BCUT2D eigenvalue weighted by Gasteiger charge is -2.43. The maximum absolute atomic E-state index is 14.0. The van der Waals surface area contributed by atoms with E-state index < -0.39 is 5.54 Å². The van der Waals surface area contributed by atoms with Crippen LogP contribution in [0.25, 0.3) is 0 Å². The fraction of sp³-hybridized carbons (Fsp3) is 0.448. The number of urea groups is 1. The molecule has 206 valence electrons. The fourth-order valence-electron chi connectivity index (χ4n) is 5.86. The summed E-state index contributed by atoms with van der Waals surface area (Å²) in [4.78, 5) is 60.8. The molecule has 0 aromatic heterocycles. The Morgan fingerprint density at radius 1 is 0.846 bits per heavy atom. The monoisotopic (exact) mass is 532 g/mol. The van der Waals surface area contributed by atoms with E-state index in [0.29, 0.717) is 58.8 Å². The summed E-state index contributed by atoms with van der Waals surface area (Å²) in [7, 11) is 0. The van der Waals surface area contributed by atoms with Crippen LogP contribution in [0.5, 0.6) is 0 Å². The van der Waals surface area contributed by atoms with Crippen LogP contribution in [-0.2, 0) is 14.4 Å². The topological polar surface area (TPSA) is 96.5 Å². The summed E-state index contributed by atoms with van der Waals surface area (Å²) in [6.07, 6.45) is 0.952. The van der Waals surface area contributed by atoms with Gasteiger partial charge >= 0.3 is 6.03 Å². The zero-order valence-electron chi connectivity index (χ0n) is 22.6. The molecule has 3 aliphatic rings. The van der Waals surface area contributed by atoms with Crippen molar-refractivity contribution >= 4 is 35.1 Å². The zero-order valence-corrected chi connectivity index (χ0v) is 22.6. The lowest BCUT2D eigenvalue weighted by Crippen LogP contribution is -2.58. The third-order valence-electron chi connectivity index (χ3n) is 8.13. The van der Waals surface area contributed by atoms with Gasteiger partial charge in [0.1, 0.15) is 12.1 Å². The second kappa shape index (κ2) is 11.0. The Labute approximate surface area is 229 Å². The summed E-state index contributed by atoms with van der Waals surface area (Å²) in [5.41, 5.74) is 1.93. The lowest BCUT2D eigenvalue weighted by molar-refractivity contribution is -0.143. The van der Waals surface area contributed by atoms with Gasteiger partial charge in [0.2, 0.25) is 11.8 Å². The maximum Gasteiger partial charge on any atom is 0.321 e. The number of hydrogen-bond donors (Lipinski definition) is 1. The van der Waals surface area contributed by atoms with E-state index in [9.17, 15) is 19.2 Å². The number of aryl methyl sites for hydroxylation is 1. The van der Waals surface area contributed by atoms with Crippen molar-refractivity contribution in [2.75, 3.05) is 62.7 Å². The molecule has 2 aromatic carbocycles. The van der Waals surface area contributed by atoms with Gasteiger partial charge < -0.3 is 29.8 Å². The molecule has 1 N–H and O–H groups in total. The minimum Gasteiger partial charge on any atom is -0.339 e. The Balaban J connectivity index is 1.28. The van der Waals surface area contributed by atoms with Gasteiger partial charge in [-0.3, -0.25) is 14.4 Å². The van der Waals surface area contributed by atoms with Crippen LogP contribution in [0.3, 0.4) is 0 Å². The summed E-state index contributed by atoms with van der Waals surface area (Å²) in [6, 6.07) is 17.3. The summed E-state index contributed by atoms with van der Waals surface area (Å²) in [5.74, 6) is -0.163. The standard InChI is InChI=1S/C29H36N6O4/c1-22-7-6-8-24(19-22)30-28(39)33-13-11-29(12-14-33)27(38)34(21-35(29)25-9-4-3-5-10-25)20-26(37)32-17-15-31(16-18-32)23(2)36/h3-10,19H,11-18,20-21H2,1-2H3,(H,30,39). The second-order valence-electron chi connectivity index (χ2n) is 10.6. The number of nitrogens with zero attached hydrogens (tertiary/aromatic N) is 5. The van der Waals surface area contributed by atoms with Crippen LogP contribution in [0.4, 0.5) is 16.2 Å². The quantitative estimate of drug-likeness (QED) is 0.652. The summed E-state index contributed by atoms with van der Waals surface area (Å²) < 4.78 is 0. The highest BCUT2D eigenvalue weighted by Crippen LogP contribution is 2.39. The highest BCUT2D eigenvalue weighted by atomic mass is 16.2. The first kappa shape index (κ1) is 26.5. The number of carbonyl (C=O) groups excluding carboxylic acids is 4. The molecule has 0 saturated carbocycles. The highest BCUT2D eigenvalue weighted by Gasteiger charge is 2.54. The first-order valence-electron chi connectivity index (χ1n) is 13.5. The number of carbonyl (C=O) groups is 4. The van der Waals surface area contributed by atoms with Gasteiger partial charge in [-0.15, -0.1) is 0 Å². The smallest absolute Gasteiger partial charge is 0.321 e. The first-order chi connectivity index (χ1) is 18.8. The van der Waals surface area contributed by atoms with E-state index in [4.69, 9.17) is 0 Å². The Morgan fingerprint density at radius 3 is 2.15 bits per heavy atom. The second-order valence-corrected chi connectivity index (χ2v) is 10.6. The summed E-state index contributed by atoms with van der Waals surface area (Å²) in [6.45, 7) is 6.66. The van der Waals surface area contributed by atoms with Gasteiger partial charge in [-0.05, 0) is 49.6 Å². The van der Waals surface area contributed by atoms with Crippen LogP contribution in [0.1, 0.15) is 25.3 Å². The van der Waals surface area contributed by atoms with Crippen LogP contribution < -0.4 is 10.2 Å². The number of likely N-dealkylation sites (tertiary alicyclic amines) is 1. The van der Waals surface area contributed by atoms with Crippen LogP contribution in [0.15, 0.2) is 54.6 Å².